The van der Waals surface area contributed by atoms with Crippen LogP contribution >= 0.6 is 0 Å². The molecule has 0 unspecified atom stereocenters. The lowest BCUT2D eigenvalue weighted by Gasteiger charge is -2.19. The van der Waals surface area contributed by atoms with Gasteiger partial charge in [0.2, 0.25) is 5.91 Å². The molecule has 0 radical (unpaired) electrons. The fourth-order valence-electron chi connectivity index (χ4n) is 3.11. The number of rotatable bonds is 5. The minimum Gasteiger partial charge on any atom is -0.496 e. The molecular formula is C17H20FN3O3. The molecule has 6 nitrogen and oxygen atoms in total. The Morgan fingerprint density at radius 3 is 2.83 bits per heavy atom. The molecule has 128 valence electrons. The van der Waals surface area contributed by atoms with E-state index in [9.17, 15) is 9.18 Å². The quantitative estimate of drug-likeness (QED) is 0.878. The van der Waals surface area contributed by atoms with E-state index in [1.165, 1.54) is 31.8 Å². The first-order valence-corrected chi connectivity index (χ1v) is 7.93. The number of aromatic nitrogens is 1. The van der Waals surface area contributed by atoms with Crippen molar-refractivity contribution in [3.8, 4) is 17.1 Å². The first-order valence-electron chi connectivity index (χ1n) is 7.93. The monoisotopic (exact) mass is 333 g/mol. The SMILES string of the molecule is COc1cc(NC(=O)[C@H](N)C2CCCC2)c(F)cc1-c1cnco1. The molecule has 2 aromatic rings. The summed E-state index contributed by atoms with van der Waals surface area (Å²) in [7, 11) is 1.46. The number of amides is 1. The van der Waals surface area contributed by atoms with Gasteiger partial charge in [-0.15, -0.1) is 0 Å². The first kappa shape index (κ1) is 16.4. The topological polar surface area (TPSA) is 90.4 Å². The molecular weight excluding hydrogens is 313 g/mol. The second-order valence-electron chi connectivity index (χ2n) is 5.96. The Balaban J connectivity index is 1.82. The second kappa shape index (κ2) is 7.00. The predicted octanol–water partition coefficient (Wildman–Crippen LogP) is 2.95. The van der Waals surface area contributed by atoms with Gasteiger partial charge in [-0.05, 0) is 24.8 Å². The van der Waals surface area contributed by atoms with Crippen molar-refractivity contribution in [1.82, 2.24) is 4.98 Å². The maximum absolute atomic E-state index is 14.4. The molecule has 7 heteroatoms. The van der Waals surface area contributed by atoms with Crippen LogP contribution < -0.4 is 15.8 Å². The fourth-order valence-corrected chi connectivity index (χ4v) is 3.11. The van der Waals surface area contributed by atoms with E-state index >= 15 is 0 Å². The van der Waals surface area contributed by atoms with Gasteiger partial charge in [-0.1, -0.05) is 12.8 Å². The summed E-state index contributed by atoms with van der Waals surface area (Å²) in [5.74, 6) is -0.0583. The minimum absolute atomic E-state index is 0.0357. The summed E-state index contributed by atoms with van der Waals surface area (Å²) < 4.78 is 24.8. The van der Waals surface area contributed by atoms with Crippen molar-refractivity contribution in [2.24, 2.45) is 11.7 Å². The molecule has 1 aromatic carbocycles. The molecule has 3 rings (SSSR count). The highest BCUT2D eigenvalue weighted by molar-refractivity contribution is 5.95. The minimum atomic E-state index is -0.633. The third-order valence-corrected chi connectivity index (χ3v) is 4.46. The van der Waals surface area contributed by atoms with Crippen LogP contribution in [0.2, 0.25) is 0 Å². The van der Waals surface area contributed by atoms with E-state index in [1.54, 1.807) is 0 Å². The number of benzene rings is 1. The van der Waals surface area contributed by atoms with Crippen molar-refractivity contribution in [3.63, 3.8) is 0 Å². The van der Waals surface area contributed by atoms with Gasteiger partial charge >= 0.3 is 0 Å². The molecule has 0 saturated heterocycles. The van der Waals surface area contributed by atoms with Crippen LogP contribution in [0.3, 0.4) is 0 Å². The maximum atomic E-state index is 14.4. The van der Waals surface area contributed by atoms with Crippen molar-refractivity contribution < 1.29 is 18.3 Å². The zero-order valence-corrected chi connectivity index (χ0v) is 13.4. The first-order chi connectivity index (χ1) is 11.6. The summed E-state index contributed by atoms with van der Waals surface area (Å²) >= 11 is 0. The maximum Gasteiger partial charge on any atom is 0.241 e. The van der Waals surface area contributed by atoms with Gasteiger partial charge in [0.05, 0.1) is 30.6 Å². The molecule has 0 spiro atoms. The molecule has 1 saturated carbocycles. The van der Waals surface area contributed by atoms with E-state index < -0.39 is 11.9 Å². The normalized spacial score (nSPS) is 16.1. The molecule has 1 aromatic heterocycles. The van der Waals surface area contributed by atoms with Crippen molar-refractivity contribution in [2.75, 3.05) is 12.4 Å². The van der Waals surface area contributed by atoms with Gasteiger partial charge in [-0.25, -0.2) is 9.37 Å². The van der Waals surface area contributed by atoms with E-state index in [1.807, 2.05) is 0 Å². The highest BCUT2D eigenvalue weighted by atomic mass is 19.1. The average molecular weight is 333 g/mol. The molecule has 1 fully saturated rings. The summed E-state index contributed by atoms with van der Waals surface area (Å²) in [5.41, 5.74) is 6.47. The molecule has 24 heavy (non-hydrogen) atoms. The standard InChI is InChI=1S/C17H20FN3O3/c1-23-14-7-13(12(18)6-11(14)15-8-20-9-24-15)21-17(22)16(19)10-4-2-3-5-10/h6-10,16H,2-5,19H2,1H3,(H,21,22)/t16-/m1/s1. The Labute approximate surface area is 139 Å². The van der Waals surface area contributed by atoms with Gasteiger partial charge in [0.15, 0.2) is 12.2 Å². The van der Waals surface area contributed by atoms with Crippen LogP contribution in [0.15, 0.2) is 29.1 Å². The molecule has 0 bridgehead atoms. The molecule has 3 N–H and O–H groups in total. The molecule has 1 heterocycles. The molecule has 1 amide bonds. The van der Waals surface area contributed by atoms with Gasteiger partial charge in [0.25, 0.3) is 0 Å². The van der Waals surface area contributed by atoms with Gasteiger partial charge in [0.1, 0.15) is 11.6 Å². The lowest BCUT2D eigenvalue weighted by molar-refractivity contribution is -0.118. The number of hydrogen-bond acceptors (Lipinski definition) is 5. The van der Waals surface area contributed by atoms with Crippen LogP contribution in [0.4, 0.5) is 10.1 Å². The van der Waals surface area contributed by atoms with E-state index in [4.69, 9.17) is 14.9 Å². The number of nitrogens with one attached hydrogen (secondary N) is 1. The highest BCUT2D eigenvalue weighted by Crippen LogP contribution is 2.34. The van der Waals surface area contributed by atoms with E-state index in [2.05, 4.69) is 10.3 Å². The Hall–Kier alpha value is -2.41. The van der Waals surface area contributed by atoms with Crippen molar-refractivity contribution in [2.45, 2.75) is 31.7 Å². The van der Waals surface area contributed by atoms with Crippen LogP contribution in [-0.4, -0.2) is 24.0 Å². The van der Waals surface area contributed by atoms with Gasteiger partial charge in [-0.2, -0.15) is 0 Å². The number of nitrogens with two attached hydrogens (primary N) is 1. The van der Waals surface area contributed by atoms with E-state index in [0.717, 1.165) is 25.7 Å². The number of carbonyl (C=O) groups is 1. The summed E-state index contributed by atoms with van der Waals surface area (Å²) in [6.45, 7) is 0. The fraction of sp³-hybridized carbons (Fsp3) is 0.412. The van der Waals surface area contributed by atoms with E-state index in [-0.39, 0.29) is 17.5 Å². The summed E-state index contributed by atoms with van der Waals surface area (Å²) in [5, 5.41) is 2.57. The van der Waals surface area contributed by atoms with Crippen molar-refractivity contribution in [1.29, 1.82) is 0 Å². The lowest BCUT2D eigenvalue weighted by Crippen LogP contribution is -2.41. The molecule has 1 aliphatic carbocycles. The van der Waals surface area contributed by atoms with Crippen LogP contribution in [0.5, 0.6) is 5.75 Å². The summed E-state index contributed by atoms with van der Waals surface area (Å²) in [4.78, 5) is 16.1. The van der Waals surface area contributed by atoms with Gasteiger partial charge in [-0.3, -0.25) is 4.79 Å². The predicted molar refractivity (Wildman–Crippen MR) is 87.0 cm³/mol. The number of halogens is 1. The Morgan fingerprint density at radius 2 is 2.21 bits per heavy atom. The average Bonchev–Trinajstić information content (AvgIpc) is 3.29. The number of nitrogens with zero attached hydrogens (tertiary/aromatic N) is 1. The third-order valence-electron chi connectivity index (χ3n) is 4.46. The van der Waals surface area contributed by atoms with Crippen molar-refractivity contribution in [3.05, 3.63) is 30.5 Å². The number of hydrogen-bond donors (Lipinski definition) is 2. The highest BCUT2D eigenvalue weighted by Gasteiger charge is 2.28. The summed E-state index contributed by atoms with van der Waals surface area (Å²) in [6, 6.07) is 2.04. The van der Waals surface area contributed by atoms with Gasteiger partial charge in [0, 0.05) is 6.07 Å². The number of carbonyl (C=O) groups excluding carboxylic acids is 1. The van der Waals surface area contributed by atoms with Crippen LogP contribution in [0, 0.1) is 11.7 Å². The Morgan fingerprint density at radius 1 is 1.46 bits per heavy atom. The number of methoxy groups -OCH3 is 1. The zero-order valence-electron chi connectivity index (χ0n) is 13.4. The Kier molecular flexibility index (Phi) is 4.80. The molecule has 1 atom stereocenters. The molecule has 1 aliphatic rings. The smallest absolute Gasteiger partial charge is 0.241 e. The Bertz CT molecular complexity index is 712. The zero-order chi connectivity index (χ0) is 17.1. The van der Waals surface area contributed by atoms with E-state index in [0.29, 0.717) is 17.1 Å². The number of anilines is 1. The largest absolute Gasteiger partial charge is 0.496 e. The van der Waals surface area contributed by atoms with Crippen LogP contribution in [0.1, 0.15) is 25.7 Å². The number of ether oxygens (including phenoxy) is 1. The third kappa shape index (κ3) is 3.26. The second-order valence-corrected chi connectivity index (χ2v) is 5.96. The number of oxazole rings is 1. The van der Waals surface area contributed by atoms with Crippen molar-refractivity contribution >= 4 is 11.6 Å². The van der Waals surface area contributed by atoms with Crippen LogP contribution in [0.25, 0.3) is 11.3 Å². The lowest BCUT2D eigenvalue weighted by atomic mass is 9.98. The van der Waals surface area contributed by atoms with Gasteiger partial charge < -0.3 is 20.2 Å². The van der Waals surface area contributed by atoms with Crippen LogP contribution in [-0.2, 0) is 4.79 Å². The summed E-state index contributed by atoms with van der Waals surface area (Å²) in [6.07, 6.45) is 6.75. The molecule has 0 aliphatic heterocycles.